The van der Waals surface area contributed by atoms with Gasteiger partial charge in [-0.05, 0) is 24.6 Å². The van der Waals surface area contributed by atoms with E-state index in [1.54, 1.807) is 4.90 Å². The lowest BCUT2D eigenvalue weighted by Crippen LogP contribution is -2.49. The molecule has 1 aliphatic heterocycles. The van der Waals surface area contributed by atoms with Crippen molar-refractivity contribution in [1.29, 1.82) is 0 Å². The van der Waals surface area contributed by atoms with Gasteiger partial charge in [-0.3, -0.25) is 14.5 Å². The topological polar surface area (TPSA) is 43.9 Å². The van der Waals surface area contributed by atoms with Crippen LogP contribution in [-0.2, 0) is 9.59 Å². The van der Waals surface area contributed by atoms with Crippen LogP contribution in [0.2, 0.25) is 0 Å². The number of piperazine rings is 1. The number of nitrogens with zero attached hydrogens (tertiary/aromatic N) is 3. The van der Waals surface area contributed by atoms with Crippen LogP contribution in [0.1, 0.15) is 18.9 Å². The van der Waals surface area contributed by atoms with Crippen molar-refractivity contribution in [3.05, 3.63) is 72.3 Å². The third-order valence-electron chi connectivity index (χ3n) is 5.19. The van der Waals surface area contributed by atoms with Crippen molar-refractivity contribution in [1.82, 2.24) is 9.80 Å². The van der Waals surface area contributed by atoms with Gasteiger partial charge in [0.1, 0.15) is 6.42 Å². The Morgan fingerprint density at radius 2 is 1.55 bits per heavy atom. The predicted octanol–water partition coefficient (Wildman–Crippen LogP) is 3.29. The number of hydrogen-bond donors (Lipinski definition) is 0. The molecule has 2 aromatic rings. The van der Waals surface area contributed by atoms with Crippen LogP contribution in [0.3, 0.4) is 0 Å². The lowest BCUT2D eigenvalue weighted by Gasteiger charge is -2.34. The maximum Gasteiger partial charge on any atom is 0.236 e. The molecule has 0 unspecified atom stereocenters. The van der Waals surface area contributed by atoms with E-state index in [1.807, 2.05) is 60.4 Å². The minimum absolute atomic E-state index is 0.0728. The second-order valence-electron chi connectivity index (χ2n) is 7.14. The summed E-state index contributed by atoms with van der Waals surface area (Å²) < 4.78 is 0. The van der Waals surface area contributed by atoms with Crippen molar-refractivity contribution in [3.8, 4) is 0 Å². The molecule has 29 heavy (non-hydrogen) atoms. The van der Waals surface area contributed by atoms with Gasteiger partial charge in [-0.2, -0.15) is 0 Å². The molecule has 1 aliphatic rings. The second-order valence-corrected chi connectivity index (χ2v) is 7.14. The zero-order chi connectivity index (χ0) is 20.5. The maximum atomic E-state index is 12.6. The summed E-state index contributed by atoms with van der Waals surface area (Å²) in [6, 6.07) is 19.8. The van der Waals surface area contributed by atoms with Gasteiger partial charge in [-0.1, -0.05) is 60.7 Å². The van der Waals surface area contributed by atoms with Crippen molar-refractivity contribution in [2.75, 3.05) is 44.2 Å². The number of benzene rings is 2. The fourth-order valence-electron chi connectivity index (χ4n) is 3.53. The number of anilines is 1. The van der Waals surface area contributed by atoms with E-state index in [0.29, 0.717) is 19.6 Å². The van der Waals surface area contributed by atoms with Crippen LogP contribution in [0.15, 0.2) is 66.7 Å². The highest BCUT2D eigenvalue weighted by atomic mass is 16.2. The SMILES string of the molecule is CCN(C(=O)CC(=O)N1CCN(C/C=C/c2ccccc2)CC1)c1ccccc1. The highest BCUT2D eigenvalue weighted by Crippen LogP contribution is 2.15. The smallest absolute Gasteiger partial charge is 0.236 e. The van der Waals surface area contributed by atoms with Gasteiger partial charge in [0.2, 0.25) is 11.8 Å². The van der Waals surface area contributed by atoms with Crippen LogP contribution in [0.4, 0.5) is 5.69 Å². The van der Waals surface area contributed by atoms with Crippen molar-refractivity contribution in [3.63, 3.8) is 0 Å². The molecule has 2 aromatic carbocycles. The quantitative estimate of drug-likeness (QED) is 0.681. The van der Waals surface area contributed by atoms with E-state index in [-0.39, 0.29) is 18.2 Å². The summed E-state index contributed by atoms with van der Waals surface area (Å²) in [6.07, 6.45) is 4.21. The summed E-state index contributed by atoms with van der Waals surface area (Å²) in [6.45, 7) is 6.35. The van der Waals surface area contributed by atoms with Crippen LogP contribution in [-0.4, -0.2) is 60.9 Å². The van der Waals surface area contributed by atoms with Crippen molar-refractivity contribution >= 4 is 23.6 Å². The van der Waals surface area contributed by atoms with E-state index >= 15 is 0 Å². The van der Waals surface area contributed by atoms with E-state index in [4.69, 9.17) is 0 Å². The lowest BCUT2D eigenvalue weighted by molar-refractivity contribution is -0.136. The molecule has 0 aromatic heterocycles. The van der Waals surface area contributed by atoms with Gasteiger partial charge in [-0.25, -0.2) is 0 Å². The fraction of sp³-hybridized carbons (Fsp3) is 0.333. The van der Waals surface area contributed by atoms with E-state index in [1.165, 1.54) is 5.56 Å². The molecule has 2 amide bonds. The summed E-state index contributed by atoms with van der Waals surface area (Å²) >= 11 is 0. The highest BCUT2D eigenvalue weighted by Gasteiger charge is 2.24. The molecule has 0 aliphatic carbocycles. The van der Waals surface area contributed by atoms with E-state index < -0.39 is 0 Å². The summed E-state index contributed by atoms with van der Waals surface area (Å²) in [7, 11) is 0. The van der Waals surface area contributed by atoms with Crippen LogP contribution in [0.25, 0.3) is 6.08 Å². The Kier molecular flexibility index (Phi) is 7.59. The van der Waals surface area contributed by atoms with Crippen LogP contribution < -0.4 is 4.90 Å². The molecule has 5 heteroatoms. The first kappa shape index (κ1) is 20.8. The average Bonchev–Trinajstić information content (AvgIpc) is 2.76. The molecule has 3 rings (SSSR count). The number of hydrogen-bond acceptors (Lipinski definition) is 3. The minimum atomic E-state index is -0.142. The van der Waals surface area contributed by atoms with Gasteiger partial charge in [0, 0.05) is 45.0 Å². The summed E-state index contributed by atoms with van der Waals surface area (Å²) in [5, 5.41) is 0. The molecule has 1 saturated heterocycles. The minimum Gasteiger partial charge on any atom is -0.340 e. The largest absolute Gasteiger partial charge is 0.340 e. The molecule has 1 heterocycles. The molecular formula is C24H29N3O2. The van der Waals surface area contributed by atoms with Gasteiger partial charge >= 0.3 is 0 Å². The Labute approximate surface area is 173 Å². The molecule has 0 radical (unpaired) electrons. The zero-order valence-corrected chi connectivity index (χ0v) is 17.0. The Bertz CT molecular complexity index is 813. The molecule has 5 nitrogen and oxygen atoms in total. The third kappa shape index (κ3) is 6.03. The molecule has 1 fully saturated rings. The van der Waals surface area contributed by atoms with Crippen LogP contribution in [0, 0.1) is 0 Å². The van der Waals surface area contributed by atoms with Crippen molar-refractivity contribution < 1.29 is 9.59 Å². The second kappa shape index (κ2) is 10.6. The maximum absolute atomic E-state index is 12.6. The Morgan fingerprint density at radius 1 is 0.931 bits per heavy atom. The molecule has 0 spiro atoms. The Hall–Kier alpha value is -2.92. The average molecular weight is 392 g/mol. The highest BCUT2D eigenvalue weighted by molar-refractivity contribution is 6.04. The Balaban J connectivity index is 1.44. The standard InChI is InChI=1S/C24H29N3O2/c1-2-27(22-13-7-4-8-14-22)24(29)20-23(28)26-18-16-25(17-19-26)15-9-12-21-10-5-3-6-11-21/h3-14H,2,15-20H2,1H3/b12-9+. The van der Waals surface area contributed by atoms with Crippen LogP contribution in [0.5, 0.6) is 0 Å². The first-order valence-electron chi connectivity index (χ1n) is 10.2. The normalized spacial score (nSPS) is 14.9. The molecule has 0 N–H and O–H groups in total. The first-order chi connectivity index (χ1) is 14.2. The number of amides is 2. The fourth-order valence-corrected chi connectivity index (χ4v) is 3.53. The Morgan fingerprint density at radius 3 is 2.17 bits per heavy atom. The number of para-hydroxylation sites is 1. The lowest BCUT2D eigenvalue weighted by atomic mass is 10.2. The van der Waals surface area contributed by atoms with Gasteiger partial charge in [0.05, 0.1) is 0 Å². The van der Waals surface area contributed by atoms with E-state index in [9.17, 15) is 9.59 Å². The van der Waals surface area contributed by atoms with Gasteiger partial charge in [0.15, 0.2) is 0 Å². The number of rotatable bonds is 7. The molecule has 0 saturated carbocycles. The molecule has 0 bridgehead atoms. The summed E-state index contributed by atoms with van der Waals surface area (Å²) in [4.78, 5) is 31.0. The first-order valence-corrected chi connectivity index (χ1v) is 10.2. The van der Waals surface area contributed by atoms with Gasteiger partial charge in [0.25, 0.3) is 0 Å². The number of carbonyl (C=O) groups is 2. The molecule has 152 valence electrons. The van der Waals surface area contributed by atoms with Crippen molar-refractivity contribution in [2.24, 2.45) is 0 Å². The van der Waals surface area contributed by atoms with Gasteiger partial charge in [-0.15, -0.1) is 0 Å². The molecule has 0 atom stereocenters. The van der Waals surface area contributed by atoms with E-state index in [2.05, 4.69) is 29.2 Å². The van der Waals surface area contributed by atoms with Crippen LogP contribution >= 0.6 is 0 Å². The van der Waals surface area contributed by atoms with Gasteiger partial charge < -0.3 is 9.80 Å². The monoisotopic (exact) mass is 391 g/mol. The molecular weight excluding hydrogens is 362 g/mol. The zero-order valence-electron chi connectivity index (χ0n) is 17.0. The van der Waals surface area contributed by atoms with E-state index in [0.717, 1.165) is 25.3 Å². The summed E-state index contributed by atoms with van der Waals surface area (Å²) in [5.74, 6) is -0.221. The summed E-state index contributed by atoms with van der Waals surface area (Å²) in [5.41, 5.74) is 2.03. The predicted molar refractivity (Wildman–Crippen MR) is 118 cm³/mol. The number of carbonyl (C=O) groups excluding carboxylic acids is 2. The third-order valence-corrected chi connectivity index (χ3v) is 5.19. The van der Waals surface area contributed by atoms with Crippen molar-refractivity contribution in [2.45, 2.75) is 13.3 Å².